The first-order valence-electron chi connectivity index (χ1n) is 7.78. The Labute approximate surface area is 159 Å². The Morgan fingerprint density at radius 3 is 2.52 bits per heavy atom. The van der Waals surface area contributed by atoms with E-state index < -0.39 is 16.1 Å². The van der Waals surface area contributed by atoms with E-state index >= 15 is 0 Å². The van der Waals surface area contributed by atoms with Gasteiger partial charge in [-0.05, 0) is 36.8 Å². The number of hydrogen-bond donors (Lipinski definition) is 3. The van der Waals surface area contributed by atoms with Gasteiger partial charge < -0.3 is 5.32 Å². The fourth-order valence-electron chi connectivity index (χ4n) is 2.23. The van der Waals surface area contributed by atoms with Gasteiger partial charge >= 0.3 is 6.03 Å². The van der Waals surface area contributed by atoms with Crippen LogP contribution in [0.3, 0.4) is 0 Å². The molecule has 9 nitrogen and oxygen atoms in total. The van der Waals surface area contributed by atoms with E-state index in [1.165, 1.54) is 23.5 Å². The largest absolute Gasteiger partial charge is 0.331 e. The quantitative estimate of drug-likeness (QED) is 0.595. The molecule has 0 radical (unpaired) electrons. The molecule has 1 aromatic carbocycles. The molecule has 1 atom stereocenters. The molecule has 27 heavy (non-hydrogen) atoms. The molecule has 2 heterocycles. The number of anilines is 1. The number of aromatic nitrogens is 3. The maximum absolute atomic E-state index is 12.2. The van der Waals surface area contributed by atoms with Gasteiger partial charge in [0.1, 0.15) is 5.69 Å². The van der Waals surface area contributed by atoms with Gasteiger partial charge in [-0.25, -0.2) is 18.4 Å². The summed E-state index contributed by atoms with van der Waals surface area (Å²) in [5, 5.41) is 19.3. The van der Waals surface area contributed by atoms with Crippen LogP contribution in [0, 0.1) is 0 Å². The first-order valence-corrected chi connectivity index (χ1v) is 10.1. The van der Waals surface area contributed by atoms with Crippen molar-refractivity contribution in [3.8, 4) is 10.7 Å². The summed E-state index contributed by atoms with van der Waals surface area (Å²) in [7, 11) is -3.75. The second kappa shape index (κ2) is 7.78. The summed E-state index contributed by atoms with van der Waals surface area (Å²) in [5.41, 5.74) is 1.40. The predicted molar refractivity (Wildman–Crippen MR) is 102 cm³/mol. The van der Waals surface area contributed by atoms with Crippen molar-refractivity contribution in [2.75, 3.05) is 5.32 Å². The lowest BCUT2D eigenvalue weighted by Crippen LogP contribution is -2.31. The topological polar surface area (TPSA) is 140 Å². The number of nitrogens with zero attached hydrogens (tertiary/aromatic N) is 3. The summed E-state index contributed by atoms with van der Waals surface area (Å²) < 4.78 is 22.6. The van der Waals surface area contributed by atoms with E-state index in [9.17, 15) is 13.2 Å². The van der Waals surface area contributed by atoms with Crippen molar-refractivity contribution in [3.05, 3.63) is 54.2 Å². The normalized spacial score (nSPS) is 12.4. The van der Waals surface area contributed by atoms with E-state index in [0.717, 1.165) is 5.56 Å². The van der Waals surface area contributed by atoms with Gasteiger partial charge in [0, 0.05) is 6.20 Å². The van der Waals surface area contributed by atoms with Crippen molar-refractivity contribution in [1.29, 1.82) is 0 Å². The Kier molecular flexibility index (Phi) is 5.44. The minimum Gasteiger partial charge on any atom is -0.331 e. The highest BCUT2D eigenvalue weighted by molar-refractivity contribution is 7.89. The molecule has 0 spiro atoms. The minimum atomic E-state index is -3.75. The van der Waals surface area contributed by atoms with Gasteiger partial charge in [-0.15, -0.1) is 10.2 Å². The van der Waals surface area contributed by atoms with Gasteiger partial charge in [0.2, 0.25) is 15.2 Å². The van der Waals surface area contributed by atoms with Crippen LogP contribution in [0.4, 0.5) is 9.93 Å². The first kappa shape index (κ1) is 18.9. The van der Waals surface area contributed by atoms with Crippen LogP contribution in [0.1, 0.15) is 18.5 Å². The smallest absolute Gasteiger partial charge is 0.321 e. The van der Waals surface area contributed by atoms with Crippen LogP contribution < -0.4 is 15.8 Å². The average Bonchev–Trinajstić information content (AvgIpc) is 3.10. The molecule has 2 aromatic heterocycles. The van der Waals surface area contributed by atoms with Gasteiger partial charge in [0.25, 0.3) is 0 Å². The molecule has 0 saturated heterocycles. The molecule has 3 aromatic rings. The monoisotopic (exact) mass is 404 g/mol. The van der Waals surface area contributed by atoms with Crippen LogP contribution in [0.25, 0.3) is 10.7 Å². The Morgan fingerprint density at radius 2 is 1.89 bits per heavy atom. The number of rotatable bonds is 5. The number of carbonyl (C=O) groups is 1. The van der Waals surface area contributed by atoms with Crippen LogP contribution >= 0.6 is 11.3 Å². The number of urea groups is 1. The number of nitrogens with one attached hydrogen (secondary N) is 2. The molecule has 0 aliphatic heterocycles. The first-order chi connectivity index (χ1) is 12.8. The van der Waals surface area contributed by atoms with E-state index in [4.69, 9.17) is 5.14 Å². The van der Waals surface area contributed by atoms with Crippen molar-refractivity contribution < 1.29 is 13.2 Å². The Bertz CT molecular complexity index is 1040. The molecule has 3 rings (SSSR count). The highest BCUT2D eigenvalue weighted by atomic mass is 32.2. The Hall–Kier alpha value is -2.89. The van der Waals surface area contributed by atoms with Crippen LogP contribution in [0.2, 0.25) is 0 Å². The van der Waals surface area contributed by atoms with Crippen LogP contribution in [0.5, 0.6) is 0 Å². The van der Waals surface area contributed by atoms with Crippen molar-refractivity contribution in [2.24, 2.45) is 5.14 Å². The number of primary sulfonamides is 1. The number of pyridine rings is 1. The van der Waals surface area contributed by atoms with Crippen LogP contribution in [-0.4, -0.2) is 29.6 Å². The van der Waals surface area contributed by atoms with Crippen molar-refractivity contribution in [2.45, 2.75) is 17.9 Å². The van der Waals surface area contributed by atoms with E-state index in [-0.39, 0.29) is 10.9 Å². The van der Waals surface area contributed by atoms with Crippen LogP contribution in [-0.2, 0) is 10.0 Å². The second-order valence-electron chi connectivity index (χ2n) is 5.56. The molecule has 0 aliphatic rings. The summed E-state index contributed by atoms with van der Waals surface area (Å²) in [6.45, 7) is 1.77. The summed E-state index contributed by atoms with van der Waals surface area (Å²) in [5.74, 6) is 0. The van der Waals surface area contributed by atoms with Gasteiger partial charge in [-0.3, -0.25) is 10.3 Å². The number of hydrogen-bond acceptors (Lipinski definition) is 7. The van der Waals surface area contributed by atoms with Crippen molar-refractivity contribution >= 4 is 32.5 Å². The van der Waals surface area contributed by atoms with E-state index in [0.29, 0.717) is 15.8 Å². The SMILES string of the molecule is CC(NC(=O)Nc1nnc(-c2ccccn2)s1)c1ccc(S(N)(=O)=O)cc1. The molecule has 1 unspecified atom stereocenters. The number of sulfonamides is 1. The summed E-state index contributed by atoms with van der Waals surface area (Å²) in [6.07, 6.45) is 1.65. The third-order valence-electron chi connectivity index (χ3n) is 3.59. The molecule has 11 heteroatoms. The lowest BCUT2D eigenvalue weighted by atomic mass is 10.1. The average molecular weight is 404 g/mol. The van der Waals surface area contributed by atoms with Crippen LogP contribution in [0.15, 0.2) is 53.6 Å². The molecule has 2 amide bonds. The molecular formula is C16H16N6O3S2. The van der Waals surface area contributed by atoms with Gasteiger partial charge in [0.05, 0.1) is 10.9 Å². The van der Waals surface area contributed by atoms with Crippen molar-refractivity contribution in [1.82, 2.24) is 20.5 Å². The standard InChI is InChI=1S/C16H16N6O3S2/c1-10(11-5-7-12(8-6-11)27(17,24)25)19-15(23)20-16-22-21-14(26-16)13-4-2-3-9-18-13/h2-10H,1H3,(H2,17,24,25)(H2,19,20,22,23). The summed E-state index contributed by atoms with van der Waals surface area (Å²) in [6, 6.07) is 10.6. The highest BCUT2D eigenvalue weighted by Crippen LogP contribution is 2.24. The lowest BCUT2D eigenvalue weighted by molar-refractivity contribution is 0.249. The lowest BCUT2D eigenvalue weighted by Gasteiger charge is -2.14. The maximum Gasteiger partial charge on any atom is 0.321 e. The third-order valence-corrected chi connectivity index (χ3v) is 5.38. The number of amides is 2. The van der Waals surface area contributed by atoms with E-state index in [2.05, 4.69) is 25.8 Å². The molecule has 0 fully saturated rings. The zero-order valence-electron chi connectivity index (χ0n) is 14.2. The maximum atomic E-state index is 12.2. The number of carbonyl (C=O) groups excluding carboxylic acids is 1. The molecule has 140 valence electrons. The van der Waals surface area contributed by atoms with Gasteiger partial charge in [0.15, 0.2) is 5.01 Å². The third kappa shape index (κ3) is 4.84. The summed E-state index contributed by atoms with van der Waals surface area (Å²) >= 11 is 1.20. The molecule has 0 bridgehead atoms. The molecule has 0 aliphatic carbocycles. The predicted octanol–water partition coefficient (Wildman–Crippen LogP) is 2.13. The Morgan fingerprint density at radius 1 is 1.15 bits per heavy atom. The van der Waals surface area contributed by atoms with Crippen molar-refractivity contribution in [3.63, 3.8) is 0 Å². The zero-order chi connectivity index (χ0) is 19.4. The fraction of sp³-hybridized carbons (Fsp3) is 0.125. The fourth-order valence-corrected chi connectivity index (χ4v) is 3.46. The van der Waals surface area contributed by atoms with E-state index in [1.807, 2.05) is 6.07 Å². The zero-order valence-corrected chi connectivity index (χ0v) is 15.8. The minimum absolute atomic E-state index is 0.0128. The number of benzene rings is 1. The highest BCUT2D eigenvalue weighted by Gasteiger charge is 2.14. The number of nitrogens with two attached hydrogens (primary N) is 1. The van der Waals surface area contributed by atoms with E-state index in [1.54, 1.807) is 37.4 Å². The molecule has 0 saturated carbocycles. The second-order valence-corrected chi connectivity index (χ2v) is 8.10. The Balaban J connectivity index is 1.61. The van der Waals surface area contributed by atoms with Gasteiger partial charge in [-0.2, -0.15) is 0 Å². The molecular weight excluding hydrogens is 388 g/mol. The van der Waals surface area contributed by atoms with Gasteiger partial charge in [-0.1, -0.05) is 29.5 Å². The summed E-state index contributed by atoms with van der Waals surface area (Å²) in [4.78, 5) is 16.3. The molecule has 4 N–H and O–H groups in total.